The molecule has 2 heterocycles. The highest BCUT2D eigenvalue weighted by Gasteiger charge is 2.19. The summed E-state index contributed by atoms with van der Waals surface area (Å²) in [6.07, 6.45) is 4.29. The maximum absolute atomic E-state index is 9.49. The fourth-order valence-electron chi connectivity index (χ4n) is 2.33. The van der Waals surface area contributed by atoms with E-state index >= 15 is 0 Å². The molecule has 4 heteroatoms. The van der Waals surface area contributed by atoms with Crippen LogP contribution in [0.1, 0.15) is 51.0 Å². The van der Waals surface area contributed by atoms with E-state index in [1.54, 1.807) is 0 Å². The first-order valence-electron chi connectivity index (χ1n) is 6.83. The number of rotatable bonds is 3. The SMILES string of the molecule is CC1CCN(c2cnc(C(C)C)nc2CO)CC1. The maximum atomic E-state index is 9.49. The van der Waals surface area contributed by atoms with Gasteiger partial charge in [-0.2, -0.15) is 0 Å². The van der Waals surface area contributed by atoms with Gasteiger partial charge >= 0.3 is 0 Å². The van der Waals surface area contributed by atoms with Crippen LogP contribution in [0.2, 0.25) is 0 Å². The van der Waals surface area contributed by atoms with Crippen LogP contribution in [0.25, 0.3) is 0 Å². The quantitative estimate of drug-likeness (QED) is 0.893. The molecule has 0 spiro atoms. The summed E-state index contributed by atoms with van der Waals surface area (Å²) in [6, 6.07) is 0. The molecule has 100 valence electrons. The lowest BCUT2D eigenvalue weighted by molar-refractivity contribution is 0.276. The van der Waals surface area contributed by atoms with Crippen molar-refractivity contribution in [3.05, 3.63) is 17.7 Å². The Morgan fingerprint density at radius 2 is 2.06 bits per heavy atom. The Bertz CT molecular complexity index is 398. The van der Waals surface area contributed by atoms with Crippen molar-refractivity contribution < 1.29 is 5.11 Å². The first kappa shape index (κ1) is 13.3. The van der Waals surface area contributed by atoms with Gasteiger partial charge in [0.2, 0.25) is 0 Å². The summed E-state index contributed by atoms with van der Waals surface area (Å²) in [5, 5.41) is 9.49. The first-order chi connectivity index (χ1) is 8.61. The second-order valence-corrected chi connectivity index (χ2v) is 5.54. The zero-order valence-electron chi connectivity index (χ0n) is 11.6. The van der Waals surface area contributed by atoms with E-state index in [0.717, 1.165) is 36.2 Å². The van der Waals surface area contributed by atoms with E-state index in [2.05, 4.69) is 35.6 Å². The topological polar surface area (TPSA) is 49.2 Å². The van der Waals surface area contributed by atoms with Gasteiger partial charge in [-0.15, -0.1) is 0 Å². The van der Waals surface area contributed by atoms with E-state index in [4.69, 9.17) is 0 Å². The zero-order valence-corrected chi connectivity index (χ0v) is 11.6. The molecule has 0 aromatic carbocycles. The predicted molar refractivity (Wildman–Crippen MR) is 72.7 cm³/mol. The van der Waals surface area contributed by atoms with E-state index in [-0.39, 0.29) is 6.61 Å². The number of hydrogen-bond donors (Lipinski definition) is 1. The van der Waals surface area contributed by atoms with E-state index in [1.165, 1.54) is 12.8 Å². The molecule has 1 aromatic heterocycles. The third-order valence-electron chi connectivity index (χ3n) is 3.65. The predicted octanol–water partition coefficient (Wildman–Crippen LogP) is 2.33. The Labute approximate surface area is 109 Å². The van der Waals surface area contributed by atoms with Crippen molar-refractivity contribution in [3.8, 4) is 0 Å². The van der Waals surface area contributed by atoms with Crippen molar-refractivity contribution in [3.63, 3.8) is 0 Å². The minimum Gasteiger partial charge on any atom is -0.390 e. The normalized spacial score (nSPS) is 17.5. The lowest BCUT2D eigenvalue weighted by Crippen LogP contribution is -2.34. The number of hydrogen-bond acceptors (Lipinski definition) is 4. The highest BCUT2D eigenvalue weighted by Crippen LogP contribution is 2.25. The van der Waals surface area contributed by atoms with Gasteiger partial charge in [-0.3, -0.25) is 0 Å². The summed E-state index contributed by atoms with van der Waals surface area (Å²) in [5.41, 5.74) is 1.78. The van der Waals surface area contributed by atoms with E-state index in [9.17, 15) is 5.11 Å². The van der Waals surface area contributed by atoms with Gasteiger partial charge < -0.3 is 10.0 Å². The van der Waals surface area contributed by atoms with Crippen LogP contribution >= 0.6 is 0 Å². The molecule has 1 N–H and O–H groups in total. The maximum Gasteiger partial charge on any atom is 0.131 e. The van der Waals surface area contributed by atoms with Crippen LogP contribution in [-0.4, -0.2) is 28.2 Å². The molecule has 0 saturated carbocycles. The summed E-state index contributed by atoms with van der Waals surface area (Å²) in [6.45, 7) is 8.50. The molecule has 1 saturated heterocycles. The summed E-state index contributed by atoms with van der Waals surface area (Å²) in [7, 11) is 0. The van der Waals surface area contributed by atoms with Gasteiger partial charge in [0.15, 0.2) is 0 Å². The smallest absolute Gasteiger partial charge is 0.131 e. The number of anilines is 1. The van der Waals surface area contributed by atoms with Gasteiger partial charge in [0.1, 0.15) is 5.82 Å². The molecule has 1 aromatic rings. The van der Waals surface area contributed by atoms with E-state index in [1.807, 2.05) is 6.20 Å². The Morgan fingerprint density at radius 1 is 1.39 bits per heavy atom. The van der Waals surface area contributed by atoms with Gasteiger partial charge in [-0.25, -0.2) is 9.97 Å². The van der Waals surface area contributed by atoms with Crippen LogP contribution in [0, 0.1) is 5.92 Å². The molecule has 1 fully saturated rings. The Balaban J connectivity index is 2.22. The molecule has 18 heavy (non-hydrogen) atoms. The van der Waals surface area contributed by atoms with Crippen LogP contribution < -0.4 is 4.90 Å². The molecular formula is C14H23N3O. The van der Waals surface area contributed by atoms with Gasteiger partial charge in [0.05, 0.1) is 24.2 Å². The number of aliphatic hydroxyl groups excluding tert-OH is 1. The Morgan fingerprint density at radius 3 is 2.61 bits per heavy atom. The second kappa shape index (κ2) is 5.65. The van der Waals surface area contributed by atoms with Gasteiger partial charge in [0, 0.05) is 19.0 Å². The van der Waals surface area contributed by atoms with Crippen molar-refractivity contribution in [1.29, 1.82) is 0 Å². The lowest BCUT2D eigenvalue weighted by atomic mass is 9.99. The van der Waals surface area contributed by atoms with Gasteiger partial charge in [0.25, 0.3) is 0 Å². The van der Waals surface area contributed by atoms with Crippen molar-refractivity contribution >= 4 is 5.69 Å². The zero-order chi connectivity index (χ0) is 13.1. The lowest BCUT2D eigenvalue weighted by Gasteiger charge is -2.32. The summed E-state index contributed by atoms with van der Waals surface area (Å²) < 4.78 is 0. The fourth-order valence-corrected chi connectivity index (χ4v) is 2.33. The molecule has 1 aliphatic heterocycles. The highest BCUT2D eigenvalue weighted by atomic mass is 16.3. The molecule has 0 aliphatic carbocycles. The minimum absolute atomic E-state index is 0.0103. The molecule has 0 amide bonds. The molecule has 2 rings (SSSR count). The Kier molecular flexibility index (Phi) is 4.17. The van der Waals surface area contributed by atoms with Crippen molar-refractivity contribution in [2.24, 2.45) is 5.92 Å². The monoisotopic (exact) mass is 249 g/mol. The molecule has 0 unspecified atom stereocenters. The standard InChI is InChI=1S/C14H23N3O/c1-10(2)14-15-8-13(12(9-18)16-14)17-6-4-11(3)5-7-17/h8,10-11,18H,4-7,9H2,1-3H3. The first-order valence-corrected chi connectivity index (χ1v) is 6.83. The Hall–Kier alpha value is -1.16. The summed E-state index contributed by atoms with van der Waals surface area (Å²) in [4.78, 5) is 11.2. The van der Waals surface area contributed by atoms with Crippen molar-refractivity contribution in [1.82, 2.24) is 9.97 Å². The second-order valence-electron chi connectivity index (χ2n) is 5.54. The number of nitrogens with zero attached hydrogens (tertiary/aromatic N) is 3. The van der Waals surface area contributed by atoms with Crippen molar-refractivity contribution in [2.75, 3.05) is 18.0 Å². The van der Waals surface area contributed by atoms with Crippen LogP contribution in [0.5, 0.6) is 0 Å². The molecule has 0 atom stereocenters. The molecule has 0 bridgehead atoms. The fraction of sp³-hybridized carbons (Fsp3) is 0.714. The van der Waals surface area contributed by atoms with Crippen LogP contribution in [0.4, 0.5) is 5.69 Å². The van der Waals surface area contributed by atoms with Gasteiger partial charge in [-0.1, -0.05) is 20.8 Å². The van der Waals surface area contributed by atoms with E-state index < -0.39 is 0 Å². The number of aliphatic hydroxyl groups is 1. The molecule has 1 aliphatic rings. The molecule has 4 nitrogen and oxygen atoms in total. The minimum atomic E-state index is -0.0103. The molecule has 0 radical (unpaired) electrons. The third kappa shape index (κ3) is 2.80. The average Bonchev–Trinajstić information content (AvgIpc) is 2.39. The number of aromatic nitrogens is 2. The average molecular weight is 249 g/mol. The molecular weight excluding hydrogens is 226 g/mol. The number of piperidine rings is 1. The largest absolute Gasteiger partial charge is 0.390 e. The van der Waals surface area contributed by atoms with Crippen molar-refractivity contribution in [2.45, 2.75) is 46.1 Å². The summed E-state index contributed by atoms with van der Waals surface area (Å²) >= 11 is 0. The van der Waals surface area contributed by atoms with Crippen LogP contribution in [-0.2, 0) is 6.61 Å². The highest BCUT2D eigenvalue weighted by molar-refractivity contribution is 5.49. The van der Waals surface area contributed by atoms with Crippen LogP contribution in [0.3, 0.4) is 0 Å². The van der Waals surface area contributed by atoms with E-state index in [0.29, 0.717) is 5.92 Å². The van der Waals surface area contributed by atoms with Gasteiger partial charge in [-0.05, 0) is 18.8 Å². The summed E-state index contributed by atoms with van der Waals surface area (Å²) in [5.74, 6) is 1.91. The van der Waals surface area contributed by atoms with Crippen LogP contribution in [0.15, 0.2) is 6.20 Å². The third-order valence-corrected chi connectivity index (χ3v) is 3.65.